The highest BCUT2D eigenvalue weighted by molar-refractivity contribution is 7.92. The molecule has 0 spiro atoms. The van der Waals surface area contributed by atoms with Gasteiger partial charge in [0.05, 0.1) is 16.7 Å². The summed E-state index contributed by atoms with van der Waals surface area (Å²) in [6, 6.07) is 20.6. The lowest BCUT2D eigenvalue weighted by molar-refractivity contribution is -0.114. The number of hydrogen-bond donors (Lipinski definition) is 1. The first-order valence-corrected chi connectivity index (χ1v) is 11.8. The molecule has 3 aromatic carbocycles. The molecule has 3 aromatic rings. The van der Waals surface area contributed by atoms with E-state index >= 15 is 0 Å². The van der Waals surface area contributed by atoms with Crippen LogP contribution in [0, 0.1) is 13.8 Å². The van der Waals surface area contributed by atoms with Crippen LogP contribution in [0.4, 0.5) is 11.4 Å². The molecule has 6 nitrogen and oxygen atoms in total. The smallest absolute Gasteiger partial charge is 0.264 e. The molecule has 168 valence electrons. The van der Waals surface area contributed by atoms with Crippen LogP contribution in [-0.4, -0.2) is 27.0 Å². The van der Waals surface area contributed by atoms with Gasteiger partial charge in [-0.1, -0.05) is 36.4 Å². The van der Waals surface area contributed by atoms with Gasteiger partial charge in [-0.15, -0.1) is 0 Å². The van der Waals surface area contributed by atoms with Crippen molar-refractivity contribution in [3.05, 3.63) is 83.9 Å². The molecule has 0 radical (unpaired) electrons. The lowest BCUT2D eigenvalue weighted by Gasteiger charge is -2.26. The molecule has 0 saturated carbocycles. The van der Waals surface area contributed by atoms with Crippen LogP contribution in [0.5, 0.6) is 5.75 Å². The van der Waals surface area contributed by atoms with Gasteiger partial charge < -0.3 is 10.1 Å². The number of sulfonamides is 1. The van der Waals surface area contributed by atoms with Gasteiger partial charge in [-0.2, -0.15) is 0 Å². The van der Waals surface area contributed by atoms with Crippen molar-refractivity contribution in [1.82, 2.24) is 0 Å². The Labute approximate surface area is 189 Å². The molecule has 0 bridgehead atoms. The molecular weight excluding hydrogens is 424 g/mol. The lowest BCUT2D eigenvalue weighted by atomic mass is 10.1. The number of nitrogens with one attached hydrogen (secondary N) is 1. The van der Waals surface area contributed by atoms with Gasteiger partial charge in [0.2, 0.25) is 5.91 Å². The van der Waals surface area contributed by atoms with E-state index in [1.807, 2.05) is 33.8 Å². The van der Waals surface area contributed by atoms with Crippen LogP contribution in [-0.2, 0) is 14.8 Å². The van der Waals surface area contributed by atoms with Gasteiger partial charge in [-0.3, -0.25) is 9.10 Å². The molecule has 3 rings (SSSR count). The molecule has 0 aliphatic heterocycles. The van der Waals surface area contributed by atoms with Crippen molar-refractivity contribution in [2.24, 2.45) is 0 Å². The summed E-state index contributed by atoms with van der Waals surface area (Å²) < 4.78 is 33.8. The Balaban J connectivity index is 1.93. The van der Waals surface area contributed by atoms with Gasteiger partial charge >= 0.3 is 0 Å². The summed E-state index contributed by atoms with van der Waals surface area (Å²) in [7, 11) is -3.96. The second kappa shape index (κ2) is 9.87. The Morgan fingerprint density at radius 3 is 2.34 bits per heavy atom. The molecule has 0 aromatic heterocycles. The van der Waals surface area contributed by atoms with Crippen molar-refractivity contribution in [1.29, 1.82) is 0 Å². The third-order valence-electron chi connectivity index (χ3n) is 4.95. The van der Waals surface area contributed by atoms with E-state index in [-0.39, 0.29) is 17.5 Å². The number of ether oxygens (including phenoxy) is 1. The Kier molecular flexibility index (Phi) is 7.20. The van der Waals surface area contributed by atoms with E-state index in [2.05, 4.69) is 5.32 Å². The second-order valence-corrected chi connectivity index (χ2v) is 9.65. The number of benzene rings is 3. The number of anilines is 2. The summed E-state index contributed by atoms with van der Waals surface area (Å²) >= 11 is 0. The Morgan fingerprint density at radius 2 is 1.66 bits per heavy atom. The summed E-state index contributed by atoms with van der Waals surface area (Å²) in [6.07, 6.45) is -0.00301. The topological polar surface area (TPSA) is 75.7 Å². The zero-order valence-corrected chi connectivity index (χ0v) is 19.5. The van der Waals surface area contributed by atoms with Crippen LogP contribution in [0.1, 0.15) is 25.0 Å². The van der Waals surface area contributed by atoms with Crippen LogP contribution >= 0.6 is 0 Å². The SMILES string of the molecule is Cc1cccc(N(CC(=O)Nc2cccc(OC(C)C)c2)S(=O)(=O)c2ccccc2)c1C. The molecule has 7 heteroatoms. The molecule has 0 heterocycles. The highest BCUT2D eigenvalue weighted by atomic mass is 32.2. The van der Waals surface area contributed by atoms with Crippen molar-refractivity contribution in [2.75, 3.05) is 16.2 Å². The third-order valence-corrected chi connectivity index (χ3v) is 6.73. The molecule has 1 N–H and O–H groups in total. The van der Waals surface area contributed by atoms with Crippen LogP contribution in [0.25, 0.3) is 0 Å². The Morgan fingerprint density at radius 1 is 0.969 bits per heavy atom. The number of nitrogens with zero attached hydrogens (tertiary/aromatic N) is 1. The summed E-state index contributed by atoms with van der Waals surface area (Å²) in [6.45, 7) is 7.23. The molecule has 0 aliphatic carbocycles. The highest BCUT2D eigenvalue weighted by Gasteiger charge is 2.28. The molecule has 1 amide bonds. The third kappa shape index (κ3) is 5.48. The normalized spacial score (nSPS) is 11.3. The van der Waals surface area contributed by atoms with Gasteiger partial charge in [0.15, 0.2) is 0 Å². The quantitative estimate of drug-likeness (QED) is 0.526. The molecule has 0 aliphatic rings. The van der Waals surface area contributed by atoms with Gasteiger partial charge in [0.25, 0.3) is 10.0 Å². The zero-order chi connectivity index (χ0) is 23.3. The van der Waals surface area contributed by atoms with Crippen molar-refractivity contribution in [3.63, 3.8) is 0 Å². The van der Waals surface area contributed by atoms with Crippen LogP contribution in [0.15, 0.2) is 77.7 Å². The van der Waals surface area contributed by atoms with E-state index in [1.165, 1.54) is 12.1 Å². The van der Waals surface area contributed by atoms with E-state index in [4.69, 9.17) is 4.74 Å². The van der Waals surface area contributed by atoms with E-state index in [0.29, 0.717) is 17.1 Å². The fourth-order valence-corrected chi connectivity index (χ4v) is 4.77. The largest absolute Gasteiger partial charge is 0.491 e. The minimum atomic E-state index is -3.96. The average molecular weight is 453 g/mol. The van der Waals surface area contributed by atoms with Gasteiger partial charge in [0, 0.05) is 11.8 Å². The number of carbonyl (C=O) groups is 1. The van der Waals surface area contributed by atoms with Crippen molar-refractivity contribution in [3.8, 4) is 5.75 Å². The first-order valence-electron chi connectivity index (χ1n) is 10.4. The number of rotatable bonds is 8. The maximum atomic E-state index is 13.5. The highest BCUT2D eigenvalue weighted by Crippen LogP contribution is 2.28. The van der Waals surface area contributed by atoms with E-state index in [1.54, 1.807) is 54.6 Å². The van der Waals surface area contributed by atoms with Crippen molar-refractivity contribution >= 4 is 27.3 Å². The standard InChI is InChI=1S/C25H28N2O4S/c1-18(2)31-22-12-9-11-21(16-22)26-25(28)17-27(24-15-8-10-19(3)20(24)4)32(29,30)23-13-6-5-7-14-23/h5-16,18H,17H2,1-4H3,(H,26,28). The minimum absolute atomic E-state index is 0.00301. The average Bonchev–Trinajstić information content (AvgIpc) is 2.74. The number of amides is 1. The van der Waals surface area contributed by atoms with Crippen molar-refractivity contribution in [2.45, 2.75) is 38.7 Å². The maximum absolute atomic E-state index is 13.5. The van der Waals surface area contributed by atoms with E-state index in [0.717, 1.165) is 15.4 Å². The number of hydrogen-bond acceptors (Lipinski definition) is 4. The molecule has 0 fully saturated rings. The minimum Gasteiger partial charge on any atom is -0.491 e. The fraction of sp³-hybridized carbons (Fsp3) is 0.240. The monoisotopic (exact) mass is 452 g/mol. The van der Waals surface area contributed by atoms with Crippen LogP contribution in [0.2, 0.25) is 0 Å². The summed E-state index contributed by atoms with van der Waals surface area (Å²) in [5.41, 5.74) is 2.74. The maximum Gasteiger partial charge on any atom is 0.264 e. The van der Waals surface area contributed by atoms with Crippen LogP contribution < -0.4 is 14.4 Å². The molecular formula is C25H28N2O4S. The summed E-state index contributed by atoms with van der Waals surface area (Å²) in [5.74, 6) is 0.174. The van der Waals surface area contributed by atoms with Gasteiger partial charge in [-0.25, -0.2) is 8.42 Å². The Bertz CT molecular complexity index is 1190. The fourth-order valence-electron chi connectivity index (χ4n) is 3.28. The first-order chi connectivity index (χ1) is 15.2. The van der Waals surface area contributed by atoms with Gasteiger partial charge in [0.1, 0.15) is 12.3 Å². The number of aryl methyl sites for hydroxylation is 1. The predicted octanol–water partition coefficient (Wildman–Crippen LogP) is 4.92. The molecule has 0 atom stereocenters. The zero-order valence-electron chi connectivity index (χ0n) is 18.7. The van der Waals surface area contributed by atoms with Crippen molar-refractivity contribution < 1.29 is 17.9 Å². The first kappa shape index (κ1) is 23.3. The summed E-state index contributed by atoms with van der Waals surface area (Å²) in [5, 5.41) is 2.79. The second-order valence-electron chi connectivity index (χ2n) is 7.79. The molecule has 0 unspecified atom stereocenters. The van der Waals surface area contributed by atoms with E-state index < -0.39 is 15.9 Å². The predicted molar refractivity (Wildman–Crippen MR) is 128 cm³/mol. The Hall–Kier alpha value is -3.32. The van der Waals surface area contributed by atoms with Gasteiger partial charge in [-0.05, 0) is 69.2 Å². The summed E-state index contributed by atoms with van der Waals surface area (Å²) in [4.78, 5) is 13.1. The van der Waals surface area contributed by atoms with E-state index in [9.17, 15) is 13.2 Å². The molecule has 32 heavy (non-hydrogen) atoms. The number of carbonyl (C=O) groups excluding carboxylic acids is 1. The molecule has 0 saturated heterocycles. The lowest BCUT2D eigenvalue weighted by Crippen LogP contribution is -2.38. The van der Waals surface area contributed by atoms with Crippen LogP contribution in [0.3, 0.4) is 0 Å².